The van der Waals surface area contributed by atoms with Crippen LogP contribution in [0, 0.1) is 46.3 Å². The van der Waals surface area contributed by atoms with Crippen molar-refractivity contribution >= 4 is 5.97 Å². The van der Waals surface area contributed by atoms with E-state index in [1.807, 2.05) is 0 Å². The van der Waals surface area contributed by atoms with E-state index in [0.717, 1.165) is 37.0 Å². The molecule has 5 rings (SSSR count). The SMILES string of the molecule is CC(=O)O[C@H]1CC[C@]2(C)[C@H]3CC[C@]4(C)[C@@H]([C@H](C)CCCC(C)C)CC[C@H]4[C@@H]3C(O)C3OC32C1. The molecule has 4 heteroatoms. The summed E-state index contributed by atoms with van der Waals surface area (Å²) in [5.74, 6) is 3.69. The fraction of sp³-hybridized carbons (Fsp3) is 0.966. The highest BCUT2D eigenvalue weighted by Crippen LogP contribution is 2.74. The highest BCUT2D eigenvalue weighted by molar-refractivity contribution is 5.66. The molecule has 4 nitrogen and oxygen atoms in total. The van der Waals surface area contributed by atoms with Gasteiger partial charge in [0.15, 0.2) is 0 Å². The molecule has 0 aromatic rings. The molecule has 0 bridgehead atoms. The van der Waals surface area contributed by atoms with Gasteiger partial charge in [-0.1, -0.05) is 53.9 Å². The molecule has 11 atom stereocenters. The third kappa shape index (κ3) is 3.55. The molecule has 1 N–H and O–H groups in total. The van der Waals surface area contributed by atoms with Crippen LogP contribution in [0.4, 0.5) is 0 Å². The minimum absolute atomic E-state index is 0.0549. The van der Waals surface area contributed by atoms with Crippen molar-refractivity contribution in [3.05, 3.63) is 0 Å². The molecule has 3 unspecified atom stereocenters. The quantitative estimate of drug-likeness (QED) is 0.382. The molecule has 4 saturated carbocycles. The second kappa shape index (κ2) is 8.22. The fourth-order valence-corrected chi connectivity index (χ4v) is 9.98. The number of hydrogen-bond acceptors (Lipinski definition) is 4. The molecular weight excluding hydrogens is 412 g/mol. The van der Waals surface area contributed by atoms with Gasteiger partial charge in [0.05, 0.1) is 6.10 Å². The summed E-state index contributed by atoms with van der Waals surface area (Å²) in [6.45, 7) is 13.7. The minimum atomic E-state index is -0.362. The number of esters is 1. The average Bonchev–Trinajstić information content (AvgIpc) is 3.35. The normalized spacial score (nSPS) is 51.2. The molecule has 5 aliphatic rings. The van der Waals surface area contributed by atoms with Gasteiger partial charge in [0.2, 0.25) is 0 Å². The summed E-state index contributed by atoms with van der Waals surface area (Å²) in [6, 6.07) is 0. The van der Waals surface area contributed by atoms with Gasteiger partial charge in [-0.15, -0.1) is 0 Å². The van der Waals surface area contributed by atoms with Gasteiger partial charge in [-0.3, -0.25) is 4.79 Å². The molecule has 1 aliphatic heterocycles. The van der Waals surface area contributed by atoms with E-state index in [2.05, 4.69) is 34.6 Å². The van der Waals surface area contributed by atoms with Crippen LogP contribution < -0.4 is 0 Å². The summed E-state index contributed by atoms with van der Waals surface area (Å²) in [5.41, 5.74) is 0.182. The molecule has 5 fully saturated rings. The Labute approximate surface area is 201 Å². The lowest BCUT2D eigenvalue weighted by Gasteiger charge is -2.60. The molecule has 33 heavy (non-hydrogen) atoms. The van der Waals surface area contributed by atoms with Gasteiger partial charge in [0, 0.05) is 18.8 Å². The predicted octanol–water partition coefficient (Wildman–Crippen LogP) is 6.14. The summed E-state index contributed by atoms with van der Waals surface area (Å²) in [4.78, 5) is 11.6. The van der Waals surface area contributed by atoms with Crippen molar-refractivity contribution in [1.82, 2.24) is 0 Å². The maximum atomic E-state index is 11.7. The largest absolute Gasteiger partial charge is 0.462 e. The number of aliphatic hydroxyl groups is 1. The van der Waals surface area contributed by atoms with Gasteiger partial charge in [-0.2, -0.15) is 0 Å². The van der Waals surface area contributed by atoms with E-state index in [4.69, 9.17) is 9.47 Å². The standard InChI is InChI=1S/C29H48O4/c1-17(2)8-7-9-18(3)21-10-11-22-24-23(13-14-27(21,22)5)28(6)15-12-20(32-19(4)30)16-29(28)26(33-29)25(24)31/h17-18,20-26,31H,7-16H2,1-6H3/t18-,20+,21-,22+,23+,24+,25?,26?,27-,28-,29?/m1/s1. The van der Waals surface area contributed by atoms with Crippen LogP contribution in [0.25, 0.3) is 0 Å². The maximum Gasteiger partial charge on any atom is 0.302 e. The highest BCUT2D eigenvalue weighted by Gasteiger charge is 2.79. The molecule has 188 valence electrons. The third-order valence-corrected chi connectivity index (χ3v) is 11.6. The lowest BCUT2D eigenvalue weighted by atomic mass is 9.43. The number of ether oxygens (including phenoxy) is 2. The minimum Gasteiger partial charge on any atom is -0.462 e. The van der Waals surface area contributed by atoms with Crippen LogP contribution in [0.5, 0.6) is 0 Å². The zero-order chi connectivity index (χ0) is 23.8. The van der Waals surface area contributed by atoms with E-state index < -0.39 is 0 Å². The molecule has 4 aliphatic carbocycles. The van der Waals surface area contributed by atoms with E-state index in [1.54, 1.807) is 0 Å². The van der Waals surface area contributed by atoms with Crippen molar-refractivity contribution in [3.8, 4) is 0 Å². The van der Waals surface area contributed by atoms with Crippen molar-refractivity contribution in [2.24, 2.45) is 46.3 Å². The van der Waals surface area contributed by atoms with Crippen molar-refractivity contribution in [1.29, 1.82) is 0 Å². The molecule has 0 radical (unpaired) electrons. The van der Waals surface area contributed by atoms with Crippen LogP contribution in [0.1, 0.15) is 106 Å². The first-order valence-electron chi connectivity index (χ1n) is 14.1. The van der Waals surface area contributed by atoms with E-state index in [-0.39, 0.29) is 35.3 Å². The maximum absolute atomic E-state index is 11.7. The number of epoxide rings is 1. The lowest BCUT2D eigenvalue weighted by Crippen LogP contribution is -2.63. The van der Waals surface area contributed by atoms with Crippen LogP contribution in [-0.4, -0.2) is 35.0 Å². The summed E-state index contributed by atoms with van der Waals surface area (Å²) in [5, 5.41) is 11.7. The van der Waals surface area contributed by atoms with E-state index in [1.165, 1.54) is 51.9 Å². The first-order valence-corrected chi connectivity index (χ1v) is 14.1. The Kier molecular flexibility index (Phi) is 6.00. The monoisotopic (exact) mass is 460 g/mol. The summed E-state index contributed by atoms with van der Waals surface area (Å²) in [6.07, 6.45) is 11.5. The Bertz CT molecular complexity index is 765. The van der Waals surface area contributed by atoms with Gasteiger partial charge in [0.1, 0.15) is 17.8 Å². The molecule has 0 aromatic carbocycles. The summed E-state index contributed by atoms with van der Waals surface area (Å²) < 4.78 is 12.1. The Morgan fingerprint density at radius 3 is 2.52 bits per heavy atom. The number of fused-ring (bicyclic) bond motifs is 4. The van der Waals surface area contributed by atoms with Gasteiger partial charge in [-0.05, 0) is 79.4 Å². The van der Waals surface area contributed by atoms with Gasteiger partial charge in [0.25, 0.3) is 0 Å². The number of hydrogen-bond donors (Lipinski definition) is 1. The van der Waals surface area contributed by atoms with Crippen molar-refractivity contribution < 1.29 is 19.4 Å². The number of rotatable bonds is 6. The Balaban J connectivity index is 1.34. The number of carbonyl (C=O) groups is 1. The Hall–Kier alpha value is -0.610. The Morgan fingerprint density at radius 1 is 1.06 bits per heavy atom. The van der Waals surface area contributed by atoms with E-state index >= 15 is 0 Å². The van der Waals surface area contributed by atoms with E-state index in [0.29, 0.717) is 23.2 Å². The predicted molar refractivity (Wildman–Crippen MR) is 130 cm³/mol. The van der Waals surface area contributed by atoms with Crippen molar-refractivity contribution in [3.63, 3.8) is 0 Å². The zero-order valence-corrected chi connectivity index (χ0v) is 21.9. The molecule has 1 heterocycles. The van der Waals surface area contributed by atoms with Crippen LogP contribution in [0.2, 0.25) is 0 Å². The molecule has 0 amide bonds. The topological polar surface area (TPSA) is 59.1 Å². The second-order valence-electron chi connectivity index (χ2n) is 13.6. The van der Waals surface area contributed by atoms with Crippen LogP contribution >= 0.6 is 0 Å². The molecule has 1 saturated heterocycles. The van der Waals surface area contributed by atoms with Gasteiger partial charge < -0.3 is 14.6 Å². The lowest BCUT2D eigenvalue weighted by molar-refractivity contribution is -0.166. The zero-order valence-electron chi connectivity index (χ0n) is 21.9. The highest BCUT2D eigenvalue weighted by atomic mass is 16.6. The van der Waals surface area contributed by atoms with Crippen molar-refractivity contribution in [2.45, 2.75) is 130 Å². The van der Waals surface area contributed by atoms with Crippen LogP contribution in [0.15, 0.2) is 0 Å². The summed E-state index contributed by atoms with van der Waals surface area (Å²) in [7, 11) is 0. The summed E-state index contributed by atoms with van der Waals surface area (Å²) >= 11 is 0. The van der Waals surface area contributed by atoms with Crippen LogP contribution in [0.3, 0.4) is 0 Å². The van der Waals surface area contributed by atoms with E-state index in [9.17, 15) is 9.90 Å². The first-order chi connectivity index (χ1) is 15.5. The molecular formula is C29H48O4. The van der Waals surface area contributed by atoms with Gasteiger partial charge >= 0.3 is 5.97 Å². The third-order valence-electron chi connectivity index (χ3n) is 11.6. The number of carbonyl (C=O) groups excluding carboxylic acids is 1. The number of aliphatic hydroxyl groups excluding tert-OH is 1. The van der Waals surface area contributed by atoms with Gasteiger partial charge in [-0.25, -0.2) is 0 Å². The Morgan fingerprint density at radius 2 is 1.82 bits per heavy atom. The van der Waals surface area contributed by atoms with Crippen LogP contribution in [-0.2, 0) is 14.3 Å². The second-order valence-corrected chi connectivity index (χ2v) is 13.6. The molecule has 0 aromatic heterocycles. The first kappa shape index (κ1) is 24.1. The van der Waals surface area contributed by atoms with Crippen molar-refractivity contribution in [2.75, 3.05) is 0 Å². The average molecular weight is 461 g/mol. The molecule has 1 spiro atoms. The smallest absolute Gasteiger partial charge is 0.302 e. The fourth-order valence-electron chi connectivity index (χ4n) is 9.98.